The van der Waals surface area contributed by atoms with Gasteiger partial charge in [-0.3, -0.25) is 9.52 Å². The molecule has 0 unspecified atom stereocenters. The zero-order valence-electron chi connectivity index (χ0n) is 13.2. The number of carbonyl (C=O) groups is 1. The second-order valence-electron chi connectivity index (χ2n) is 5.94. The predicted molar refractivity (Wildman–Crippen MR) is 89.6 cm³/mol. The summed E-state index contributed by atoms with van der Waals surface area (Å²) in [7, 11) is -2.13. The summed E-state index contributed by atoms with van der Waals surface area (Å²) in [6, 6.07) is 7.27. The lowest BCUT2D eigenvalue weighted by Crippen LogP contribution is -2.49. The fourth-order valence-electron chi connectivity index (χ4n) is 2.72. The van der Waals surface area contributed by atoms with Gasteiger partial charge < -0.3 is 9.80 Å². The number of nitrogens with zero attached hydrogens (tertiary/aromatic N) is 2. The van der Waals surface area contributed by atoms with Crippen LogP contribution in [0, 0.1) is 5.92 Å². The summed E-state index contributed by atoms with van der Waals surface area (Å²) in [5.41, 5.74) is 1.56. The van der Waals surface area contributed by atoms with Gasteiger partial charge in [-0.2, -0.15) is 8.42 Å². The minimum atomic E-state index is -3.49. The molecule has 8 heteroatoms. The molecule has 1 amide bonds. The quantitative estimate of drug-likeness (QED) is 0.825. The van der Waals surface area contributed by atoms with Crippen LogP contribution in [0.1, 0.15) is 12.8 Å². The van der Waals surface area contributed by atoms with Crippen molar-refractivity contribution in [3.05, 3.63) is 24.3 Å². The van der Waals surface area contributed by atoms with Crippen molar-refractivity contribution in [3.8, 4) is 0 Å². The first-order valence-electron chi connectivity index (χ1n) is 7.83. The van der Waals surface area contributed by atoms with Gasteiger partial charge >= 0.3 is 0 Å². The Balaban J connectivity index is 1.57. The number of carbonyl (C=O) groups excluding carboxylic acids is 1. The molecular formula is C15H22N4O3S. The molecule has 0 radical (unpaired) electrons. The Labute approximate surface area is 136 Å². The van der Waals surface area contributed by atoms with Gasteiger partial charge in [0.1, 0.15) is 0 Å². The van der Waals surface area contributed by atoms with Crippen LogP contribution in [0.25, 0.3) is 0 Å². The van der Waals surface area contributed by atoms with E-state index in [2.05, 4.69) is 14.3 Å². The molecule has 1 heterocycles. The average molecular weight is 338 g/mol. The molecule has 0 bridgehead atoms. The van der Waals surface area contributed by atoms with E-state index in [1.807, 2.05) is 17.0 Å². The number of anilines is 2. The van der Waals surface area contributed by atoms with Gasteiger partial charge in [-0.05, 0) is 37.1 Å². The number of benzene rings is 1. The van der Waals surface area contributed by atoms with Gasteiger partial charge in [-0.25, -0.2) is 4.72 Å². The summed E-state index contributed by atoms with van der Waals surface area (Å²) >= 11 is 0. The summed E-state index contributed by atoms with van der Waals surface area (Å²) in [6.45, 7) is 3.12. The second kappa shape index (κ2) is 6.37. The van der Waals surface area contributed by atoms with Crippen LogP contribution in [-0.4, -0.2) is 52.5 Å². The standard InChI is InChI=1S/C15H22N4O3S/c1-16-23(21,22)17-13-4-6-14(7-5-13)18-8-10-19(11-9-18)15(20)12-2-3-12/h4-7,12,16-17H,2-3,8-11H2,1H3. The van der Waals surface area contributed by atoms with Crippen molar-refractivity contribution in [3.63, 3.8) is 0 Å². The first-order chi connectivity index (χ1) is 11.0. The largest absolute Gasteiger partial charge is 0.368 e. The first-order valence-corrected chi connectivity index (χ1v) is 9.32. The Bertz CT molecular complexity index is 662. The summed E-state index contributed by atoms with van der Waals surface area (Å²) < 4.78 is 27.5. The first kappa shape index (κ1) is 16.1. The van der Waals surface area contributed by atoms with E-state index in [0.717, 1.165) is 44.7 Å². The minimum absolute atomic E-state index is 0.279. The van der Waals surface area contributed by atoms with Gasteiger partial charge in [0.15, 0.2) is 0 Å². The van der Waals surface area contributed by atoms with Crippen molar-refractivity contribution in [2.75, 3.05) is 42.8 Å². The van der Waals surface area contributed by atoms with Crippen LogP contribution in [0.3, 0.4) is 0 Å². The SMILES string of the molecule is CNS(=O)(=O)Nc1ccc(N2CCN(C(=O)C3CC3)CC2)cc1. The van der Waals surface area contributed by atoms with E-state index < -0.39 is 10.2 Å². The average Bonchev–Trinajstić information content (AvgIpc) is 3.40. The van der Waals surface area contributed by atoms with Gasteiger partial charge in [0.05, 0.1) is 0 Å². The van der Waals surface area contributed by atoms with Gasteiger partial charge in [0, 0.05) is 50.5 Å². The van der Waals surface area contributed by atoms with Crippen LogP contribution >= 0.6 is 0 Å². The number of hydrogen-bond donors (Lipinski definition) is 2. The topological polar surface area (TPSA) is 81.8 Å². The predicted octanol–water partition coefficient (Wildman–Crippen LogP) is 0.621. The molecule has 0 spiro atoms. The number of amides is 1. The molecule has 2 aliphatic rings. The zero-order chi connectivity index (χ0) is 16.4. The summed E-state index contributed by atoms with van der Waals surface area (Å²) in [6.07, 6.45) is 2.09. The summed E-state index contributed by atoms with van der Waals surface area (Å²) in [4.78, 5) is 16.2. The van der Waals surface area contributed by atoms with Crippen molar-refractivity contribution in [1.29, 1.82) is 0 Å². The Morgan fingerprint density at radius 1 is 1.09 bits per heavy atom. The molecule has 7 nitrogen and oxygen atoms in total. The van der Waals surface area contributed by atoms with Crippen LogP contribution in [-0.2, 0) is 15.0 Å². The van der Waals surface area contributed by atoms with E-state index in [9.17, 15) is 13.2 Å². The third-order valence-electron chi connectivity index (χ3n) is 4.27. The highest BCUT2D eigenvalue weighted by molar-refractivity contribution is 7.90. The van der Waals surface area contributed by atoms with Crippen molar-refractivity contribution in [1.82, 2.24) is 9.62 Å². The zero-order valence-corrected chi connectivity index (χ0v) is 14.0. The normalized spacial score (nSPS) is 18.8. The lowest BCUT2D eigenvalue weighted by Gasteiger charge is -2.36. The third-order valence-corrected chi connectivity index (χ3v) is 5.31. The van der Waals surface area contributed by atoms with Gasteiger partial charge in [0.25, 0.3) is 10.2 Å². The fraction of sp³-hybridized carbons (Fsp3) is 0.533. The Kier molecular flexibility index (Phi) is 4.45. The van der Waals surface area contributed by atoms with Crippen molar-refractivity contribution in [2.45, 2.75) is 12.8 Å². The molecule has 2 N–H and O–H groups in total. The van der Waals surface area contributed by atoms with Gasteiger partial charge in [-0.15, -0.1) is 0 Å². The Morgan fingerprint density at radius 2 is 1.70 bits per heavy atom. The molecule has 2 fully saturated rings. The maximum atomic E-state index is 12.0. The van der Waals surface area contributed by atoms with Crippen LogP contribution < -0.4 is 14.3 Å². The molecule has 23 heavy (non-hydrogen) atoms. The van der Waals surface area contributed by atoms with Crippen molar-refractivity contribution >= 4 is 27.5 Å². The molecule has 1 aromatic carbocycles. The smallest absolute Gasteiger partial charge is 0.298 e. The maximum Gasteiger partial charge on any atom is 0.298 e. The molecule has 0 atom stereocenters. The second-order valence-corrected chi connectivity index (χ2v) is 7.56. The van der Waals surface area contributed by atoms with Crippen LogP contribution in [0.4, 0.5) is 11.4 Å². The highest BCUT2D eigenvalue weighted by Crippen LogP contribution is 2.31. The van der Waals surface area contributed by atoms with Gasteiger partial charge in [0.2, 0.25) is 5.91 Å². The maximum absolute atomic E-state index is 12.0. The highest BCUT2D eigenvalue weighted by Gasteiger charge is 2.34. The molecule has 1 aromatic rings. The Hall–Kier alpha value is -1.80. The molecule has 1 aliphatic heterocycles. The monoisotopic (exact) mass is 338 g/mol. The van der Waals surface area contributed by atoms with Crippen molar-refractivity contribution < 1.29 is 13.2 Å². The third kappa shape index (κ3) is 3.94. The molecular weight excluding hydrogens is 316 g/mol. The number of piperazine rings is 1. The minimum Gasteiger partial charge on any atom is -0.368 e. The van der Waals surface area contributed by atoms with Crippen molar-refractivity contribution in [2.24, 2.45) is 5.92 Å². The Morgan fingerprint density at radius 3 is 2.22 bits per heavy atom. The highest BCUT2D eigenvalue weighted by atomic mass is 32.2. The molecule has 1 saturated carbocycles. The lowest BCUT2D eigenvalue weighted by atomic mass is 10.2. The van der Waals surface area contributed by atoms with E-state index in [1.165, 1.54) is 7.05 Å². The van der Waals surface area contributed by atoms with E-state index in [4.69, 9.17) is 0 Å². The number of rotatable bonds is 5. The van der Waals surface area contributed by atoms with Crippen LogP contribution in [0.15, 0.2) is 24.3 Å². The van der Waals surface area contributed by atoms with Gasteiger partial charge in [-0.1, -0.05) is 0 Å². The lowest BCUT2D eigenvalue weighted by molar-refractivity contribution is -0.132. The van der Waals surface area contributed by atoms with E-state index in [1.54, 1.807) is 12.1 Å². The number of hydrogen-bond acceptors (Lipinski definition) is 4. The van der Waals surface area contributed by atoms with E-state index in [-0.39, 0.29) is 5.92 Å². The van der Waals surface area contributed by atoms with Crippen LogP contribution in [0.2, 0.25) is 0 Å². The van der Waals surface area contributed by atoms with Crippen LogP contribution in [0.5, 0.6) is 0 Å². The summed E-state index contributed by atoms with van der Waals surface area (Å²) in [5, 5.41) is 0. The fourth-order valence-corrected chi connectivity index (χ4v) is 3.27. The molecule has 1 aliphatic carbocycles. The molecule has 126 valence electrons. The molecule has 1 saturated heterocycles. The molecule has 0 aromatic heterocycles. The summed E-state index contributed by atoms with van der Waals surface area (Å²) in [5.74, 6) is 0.586. The number of nitrogens with one attached hydrogen (secondary N) is 2. The van der Waals surface area contributed by atoms with E-state index in [0.29, 0.717) is 11.6 Å². The van der Waals surface area contributed by atoms with E-state index >= 15 is 0 Å². The molecule has 3 rings (SSSR count).